The molecule has 0 aromatic heterocycles. The fraction of sp³-hybridized carbons (Fsp3) is 0.818. The predicted octanol–water partition coefficient (Wildman–Crippen LogP) is -0.545. The van der Waals surface area contributed by atoms with Gasteiger partial charge in [-0.25, -0.2) is 4.79 Å². The maximum atomic E-state index is 13.0. The van der Waals surface area contributed by atoms with Crippen molar-refractivity contribution in [2.75, 3.05) is 6.54 Å². The van der Waals surface area contributed by atoms with E-state index in [0.717, 1.165) is 0 Å². The first-order valence-corrected chi connectivity index (χ1v) is 11.6. The second-order valence-electron chi connectivity index (χ2n) is 9.01. The number of hydrogen-bond acceptors (Lipinski definition) is 7. The summed E-state index contributed by atoms with van der Waals surface area (Å²) in [6, 6.07) is -4.27. The Hall–Kier alpha value is -2.24. The highest BCUT2D eigenvalue weighted by Gasteiger charge is 2.32. The fourth-order valence-electron chi connectivity index (χ4n) is 3.16. The third kappa shape index (κ3) is 11.4. The van der Waals surface area contributed by atoms with Crippen molar-refractivity contribution in [1.29, 1.82) is 0 Å². The molecule has 11 nitrogen and oxygen atoms in total. The topological polar surface area (TPSA) is 197 Å². The van der Waals surface area contributed by atoms with E-state index in [-0.39, 0.29) is 18.3 Å². The zero-order valence-electron chi connectivity index (χ0n) is 20.5. The van der Waals surface area contributed by atoms with Gasteiger partial charge in [0, 0.05) is 0 Å². The summed E-state index contributed by atoms with van der Waals surface area (Å²) < 4.78 is 0. The standard InChI is InChI=1S/C22H43N5O6/c1-6-13(4)17(24)21(31)25-15(9-7-8-10-23)19(29)26-16(11-12(2)3)20(30)27-18(14(5)28)22(32)33/h12-18,28H,6-11,23-24H2,1-5H3,(H,25,31)(H,26,29)(H,27,30)(H,32,33). The molecule has 6 unspecified atom stereocenters. The number of amides is 3. The normalized spacial score (nSPS) is 16.8. The van der Waals surface area contributed by atoms with Crippen LogP contribution in [0.3, 0.4) is 0 Å². The molecule has 3 amide bonds. The molecule has 0 saturated heterocycles. The van der Waals surface area contributed by atoms with Crippen LogP contribution < -0.4 is 27.4 Å². The first-order chi connectivity index (χ1) is 15.3. The van der Waals surface area contributed by atoms with Crippen LogP contribution in [-0.2, 0) is 19.2 Å². The Bertz CT molecular complexity index is 643. The number of carboxylic acids is 1. The molecular formula is C22H43N5O6. The monoisotopic (exact) mass is 473 g/mol. The summed E-state index contributed by atoms with van der Waals surface area (Å²) in [4.78, 5) is 49.7. The van der Waals surface area contributed by atoms with E-state index in [9.17, 15) is 29.4 Å². The highest BCUT2D eigenvalue weighted by atomic mass is 16.4. The minimum atomic E-state index is -1.52. The lowest BCUT2D eigenvalue weighted by atomic mass is 9.98. The third-order valence-electron chi connectivity index (χ3n) is 5.53. The van der Waals surface area contributed by atoms with Crippen molar-refractivity contribution in [2.45, 2.75) is 97.0 Å². The second kappa shape index (κ2) is 15.6. The summed E-state index contributed by atoms with van der Waals surface area (Å²) in [6.45, 7) is 9.14. The molecule has 0 fully saturated rings. The van der Waals surface area contributed by atoms with Crippen LogP contribution in [0, 0.1) is 11.8 Å². The summed E-state index contributed by atoms with van der Waals surface area (Å²) in [5.41, 5.74) is 11.5. The number of carbonyl (C=O) groups excluding carboxylic acids is 3. The molecule has 0 spiro atoms. The molecule has 6 atom stereocenters. The number of aliphatic hydroxyl groups is 1. The van der Waals surface area contributed by atoms with Gasteiger partial charge >= 0.3 is 5.97 Å². The van der Waals surface area contributed by atoms with Crippen LogP contribution in [0.1, 0.15) is 66.7 Å². The number of nitrogens with two attached hydrogens (primary N) is 2. The first kappa shape index (κ1) is 30.8. The lowest BCUT2D eigenvalue weighted by molar-refractivity contribution is -0.145. The van der Waals surface area contributed by atoms with Gasteiger partial charge in [0.05, 0.1) is 12.1 Å². The number of nitrogens with one attached hydrogen (secondary N) is 3. The molecular weight excluding hydrogens is 430 g/mol. The van der Waals surface area contributed by atoms with Crippen molar-refractivity contribution in [3.05, 3.63) is 0 Å². The number of rotatable bonds is 16. The summed E-state index contributed by atoms with van der Waals surface area (Å²) in [5.74, 6) is -3.22. The summed E-state index contributed by atoms with van der Waals surface area (Å²) in [7, 11) is 0. The molecule has 0 aliphatic rings. The highest BCUT2D eigenvalue weighted by Crippen LogP contribution is 2.10. The maximum absolute atomic E-state index is 13.0. The van der Waals surface area contributed by atoms with E-state index in [1.165, 1.54) is 6.92 Å². The molecule has 0 rings (SSSR count). The fourth-order valence-corrected chi connectivity index (χ4v) is 3.16. The van der Waals surface area contributed by atoms with E-state index < -0.39 is 54.0 Å². The van der Waals surface area contributed by atoms with Gasteiger partial charge in [0.25, 0.3) is 0 Å². The zero-order chi connectivity index (χ0) is 25.7. The number of carboxylic acid groups (broad SMARTS) is 1. The van der Waals surface area contributed by atoms with E-state index in [2.05, 4.69) is 16.0 Å². The Morgan fingerprint density at radius 2 is 1.42 bits per heavy atom. The van der Waals surface area contributed by atoms with E-state index in [0.29, 0.717) is 32.2 Å². The molecule has 0 bridgehead atoms. The Morgan fingerprint density at radius 1 is 0.879 bits per heavy atom. The van der Waals surface area contributed by atoms with Crippen molar-refractivity contribution < 1.29 is 29.4 Å². The van der Waals surface area contributed by atoms with Crippen molar-refractivity contribution in [2.24, 2.45) is 23.3 Å². The van der Waals surface area contributed by atoms with Gasteiger partial charge in [0.15, 0.2) is 6.04 Å². The Kier molecular flexibility index (Phi) is 14.5. The van der Waals surface area contributed by atoms with Gasteiger partial charge in [-0.15, -0.1) is 0 Å². The molecule has 0 aromatic carbocycles. The summed E-state index contributed by atoms with van der Waals surface area (Å²) in [5, 5.41) is 26.5. The van der Waals surface area contributed by atoms with Gasteiger partial charge in [-0.05, 0) is 51.0 Å². The van der Waals surface area contributed by atoms with Crippen molar-refractivity contribution >= 4 is 23.7 Å². The van der Waals surface area contributed by atoms with Crippen molar-refractivity contribution in [3.8, 4) is 0 Å². The lowest BCUT2D eigenvalue weighted by Gasteiger charge is -2.27. The molecule has 33 heavy (non-hydrogen) atoms. The number of carbonyl (C=O) groups is 4. The minimum Gasteiger partial charge on any atom is -0.480 e. The number of aliphatic carboxylic acids is 1. The zero-order valence-corrected chi connectivity index (χ0v) is 20.5. The molecule has 11 heteroatoms. The van der Waals surface area contributed by atoms with Gasteiger partial charge in [0.1, 0.15) is 12.1 Å². The largest absolute Gasteiger partial charge is 0.480 e. The molecule has 9 N–H and O–H groups in total. The number of aliphatic hydroxyl groups excluding tert-OH is 1. The second-order valence-corrected chi connectivity index (χ2v) is 9.01. The smallest absolute Gasteiger partial charge is 0.328 e. The van der Waals surface area contributed by atoms with Gasteiger partial charge in [-0.3, -0.25) is 14.4 Å². The van der Waals surface area contributed by atoms with Crippen molar-refractivity contribution in [3.63, 3.8) is 0 Å². The van der Waals surface area contributed by atoms with Gasteiger partial charge < -0.3 is 37.6 Å². The van der Waals surface area contributed by atoms with Crippen LogP contribution in [-0.4, -0.2) is 70.7 Å². The molecule has 192 valence electrons. The first-order valence-electron chi connectivity index (χ1n) is 11.6. The van der Waals surface area contributed by atoms with E-state index >= 15 is 0 Å². The van der Waals surface area contributed by atoms with Crippen LogP contribution in [0.2, 0.25) is 0 Å². The Labute approximate surface area is 196 Å². The van der Waals surface area contributed by atoms with Crippen LogP contribution in [0.4, 0.5) is 0 Å². The summed E-state index contributed by atoms with van der Waals surface area (Å²) >= 11 is 0. The molecule has 0 heterocycles. The molecule has 0 aliphatic carbocycles. The van der Waals surface area contributed by atoms with Gasteiger partial charge in [0.2, 0.25) is 17.7 Å². The predicted molar refractivity (Wildman–Crippen MR) is 125 cm³/mol. The van der Waals surface area contributed by atoms with E-state index in [1.54, 1.807) is 0 Å². The number of unbranched alkanes of at least 4 members (excludes halogenated alkanes) is 1. The molecule has 0 saturated carbocycles. The average molecular weight is 474 g/mol. The lowest BCUT2D eigenvalue weighted by Crippen LogP contribution is -2.58. The van der Waals surface area contributed by atoms with Gasteiger partial charge in [-0.1, -0.05) is 34.1 Å². The minimum absolute atomic E-state index is 0.0000136. The van der Waals surface area contributed by atoms with Crippen molar-refractivity contribution in [1.82, 2.24) is 16.0 Å². The average Bonchev–Trinajstić information content (AvgIpc) is 2.73. The van der Waals surface area contributed by atoms with Gasteiger partial charge in [-0.2, -0.15) is 0 Å². The van der Waals surface area contributed by atoms with Crippen LogP contribution in [0.25, 0.3) is 0 Å². The van der Waals surface area contributed by atoms with Crippen LogP contribution in [0.15, 0.2) is 0 Å². The highest BCUT2D eigenvalue weighted by molar-refractivity contribution is 5.94. The SMILES string of the molecule is CCC(C)C(N)C(=O)NC(CCCCN)C(=O)NC(CC(C)C)C(=O)NC(C(=O)O)C(C)O. The summed E-state index contributed by atoms with van der Waals surface area (Å²) in [6.07, 6.45) is 1.15. The maximum Gasteiger partial charge on any atom is 0.328 e. The Balaban J connectivity index is 5.53. The third-order valence-corrected chi connectivity index (χ3v) is 5.53. The number of hydrogen-bond donors (Lipinski definition) is 7. The molecule has 0 aromatic rings. The van der Waals surface area contributed by atoms with E-state index in [4.69, 9.17) is 11.5 Å². The molecule has 0 radical (unpaired) electrons. The van der Waals surface area contributed by atoms with Crippen LogP contribution in [0.5, 0.6) is 0 Å². The van der Waals surface area contributed by atoms with Crippen LogP contribution >= 0.6 is 0 Å². The Morgan fingerprint density at radius 3 is 1.88 bits per heavy atom. The molecule has 0 aliphatic heterocycles. The quantitative estimate of drug-likeness (QED) is 0.145. The van der Waals surface area contributed by atoms with E-state index in [1.807, 2.05) is 27.7 Å².